The molecule has 0 aliphatic heterocycles. The van der Waals surface area contributed by atoms with Crippen molar-refractivity contribution in [1.82, 2.24) is 5.51 Å². The molecule has 0 saturated heterocycles. The summed E-state index contributed by atoms with van der Waals surface area (Å²) < 4.78 is 19.2. The Labute approximate surface area is 49.5 Å². The zero-order chi connectivity index (χ0) is 3.58. The van der Waals surface area contributed by atoms with Crippen LogP contribution in [0.2, 0.25) is 0 Å². The standard InChI is InChI=1S/F2NO.Na/c1-3(2)4;/q-1;+1. The molecule has 0 bridgehead atoms. The Balaban J connectivity index is 0. The van der Waals surface area contributed by atoms with Gasteiger partial charge in [0.25, 0.3) is 0 Å². The van der Waals surface area contributed by atoms with Gasteiger partial charge in [0.1, 0.15) is 0 Å². The van der Waals surface area contributed by atoms with Crippen LogP contribution in [0, 0.1) is 5.21 Å². The van der Waals surface area contributed by atoms with Crippen LogP contribution in [0.25, 0.3) is 0 Å². The Hall–Kier alpha value is 0.780. The van der Waals surface area contributed by atoms with Gasteiger partial charge in [-0.15, -0.1) is 8.96 Å². The van der Waals surface area contributed by atoms with Gasteiger partial charge in [-0.1, -0.05) is 0 Å². The van der Waals surface area contributed by atoms with Gasteiger partial charge in [-0.2, -0.15) is 0 Å². The minimum atomic E-state index is -2.25. The van der Waals surface area contributed by atoms with Crippen LogP contribution in [0.5, 0.6) is 0 Å². The molecule has 0 radical (unpaired) electrons. The SMILES string of the molecule is [Na+].[O-]N(F)F. The predicted octanol–water partition coefficient (Wildman–Crippen LogP) is -2.44. The van der Waals surface area contributed by atoms with Gasteiger partial charge in [0.05, 0.1) is 0 Å². The van der Waals surface area contributed by atoms with Crippen molar-refractivity contribution in [2.75, 3.05) is 0 Å². The summed E-state index contributed by atoms with van der Waals surface area (Å²) in [6.07, 6.45) is 0. The molecule has 0 fully saturated rings. The number of hydrogen-bond donors (Lipinski definition) is 0. The maximum Gasteiger partial charge on any atom is 1.00 e. The zero-order valence-electron chi connectivity index (χ0n) is 2.61. The Morgan fingerprint density at radius 1 is 1.40 bits per heavy atom. The van der Waals surface area contributed by atoms with Gasteiger partial charge in [0.2, 0.25) is 0 Å². The van der Waals surface area contributed by atoms with Crippen molar-refractivity contribution in [2.45, 2.75) is 0 Å². The van der Waals surface area contributed by atoms with Gasteiger partial charge in [-0.3, -0.25) is 0 Å². The van der Waals surface area contributed by atoms with Gasteiger partial charge in [-0.25, -0.2) is 0 Å². The molecule has 0 amide bonds. The van der Waals surface area contributed by atoms with E-state index < -0.39 is 5.51 Å². The molecular formula is F2NNaO. The Bertz CT molecular complexity index is 14.4. The van der Waals surface area contributed by atoms with E-state index in [0.29, 0.717) is 0 Å². The van der Waals surface area contributed by atoms with Gasteiger partial charge in [-0.05, 0) is 5.51 Å². The van der Waals surface area contributed by atoms with E-state index in [0.717, 1.165) is 0 Å². The smallest absolute Gasteiger partial charge is 0.730 e. The van der Waals surface area contributed by atoms with Crippen LogP contribution in [-0.2, 0) is 0 Å². The van der Waals surface area contributed by atoms with Crippen molar-refractivity contribution < 1.29 is 38.5 Å². The molecule has 0 rings (SSSR count). The second-order valence-electron chi connectivity index (χ2n) is 0.202. The molecule has 0 saturated carbocycles. The van der Waals surface area contributed by atoms with E-state index in [4.69, 9.17) is 5.21 Å². The zero-order valence-corrected chi connectivity index (χ0v) is 4.61. The summed E-state index contributed by atoms with van der Waals surface area (Å²) in [7, 11) is 0. The van der Waals surface area contributed by atoms with Crippen LogP contribution < -0.4 is 29.6 Å². The monoisotopic (exact) mass is 91.0 g/mol. The molecule has 0 aromatic heterocycles. The average molecular weight is 91.0 g/mol. The average Bonchev–Trinajstić information content (AvgIpc) is 0.811. The minimum Gasteiger partial charge on any atom is -0.730 e. The molecule has 0 aliphatic rings. The molecular weight excluding hydrogens is 91.0 g/mol. The quantitative estimate of drug-likeness (QED) is 0.188. The van der Waals surface area contributed by atoms with E-state index in [1.54, 1.807) is 0 Å². The predicted molar refractivity (Wildman–Crippen MR) is 7.42 cm³/mol. The fourth-order valence-electron chi connectivity index (χ4n) is 0. The molecule has 0 aromatic carbocycles. The number of nitrogens with zero attached hydrogens (tertiary/aromatic N) is 1. The Kier molecular flexibility index (Phi) is 8.84. The maximum absolute atomic E-state index is 9.61. The Morgan fingerprint density at radius 2 is 1.40 bits per heavy atom. The summed E-state index contributed by atoms with van der Waals surface area (Å²) in [5.74, 6) is 0. The number of rotatable bonds is 0. The van der Waals surface area contributed by atoms with Crippen molar-refractivity contribution in [2.24, 2.45) is 0 Å². The molecule has 0 unspecified atom stereocenters. The van der Waals surface area contributed by atoms with E-state index in [1.807, 2.05) is 0 Å². The summed E-state index contributed by atoms with van der Waals surface area (Å²) in [6.45, 7) is 0. The third-order valence-electron chi connectivity index (χ3n) is 0. The molecule has 26 valence electrons. The van der Waals surface area contributed by atoms with Gasteiger partial charge in [0.15, 0.2) is 0 Å². The summed E-state index contributed by atoms with van der Waals surface area (Å²) in [6, 6.07) is 0. The number of hydrogen-bond acceptors (Lipinski definition) is 2. The fraction of sp³-hybridized carbons (Fsp3) is 0. The van der Waals surface area contributed by atoms with Crippen molar-refractivity contribution in [3.05, 3.63) is 5.21 Å². The largest absolute Gasteiger partial charge is 1.00 e. The Morgan fingerprint density at radius 3 is 1.40 bits per heavy atom. The van der Waals surface area contributed by atoms with E-state index in [-0.39, 0.29) is 29.6 Å². The molecule has 2 nitrogen and oxygen atoms in total. The first-order chi connectivity index (χ1) is 1.73. The van der Waals surface area contributed by atoms with E-state index in [1.165, 1.54) is 0 Å². The molecule has 5 heavy (non-hydrogen) atoms. The van der Waals surface area contributed by atoms with Crippen molar-refractivity contribution in [1.29, 1.82) is 0 Å². The van der Waals surface area contributed by atoms with Gasteiger partial charge in [0, 0.05) is 0 Å². The molecule has 0 N–H and O–H groups in total. The van der Waals surface area contributed by atoms with Crippen molar-refractivity contribution >= 4 is 0 Å². The van der Waals surface area contributed by atoms with Crippen LogP contribution in [0.1, 0.15) is 0 Å². The summed E-state index contributed by atoms with van der Waals surface area (Å²) in [4.78, 5) is 0. The van der Waals surface area contributed by atoms with Crippen LogP contribution in [0.15, 0.2) is 0 Å². The van der Waals surface area contributed by atoms with Gasteiger partial charge >= 0.3 is 29.6 Å². The topological polar surface area (TPSA) is 26.3 Å². The maximum atomic E-state index is 9.61. The normalized spacial score (nSPS) is 7.20. The first-order valence-electron chi connectivity index (χ1n) is 0.521. The molecule has 0 spiro atoms. The molecule has 0 aromatic rings. The third-order valence-corrected chi connectivity index (χ3v) is 0. The van der Waals surface area contributed by atoms with Crippen LogP contribution in [0.4, 0.5) is 8.96 Å². The third kappa shape index (κ3) is 60.7. The first kappa shape index (κ1) is 9.24. The minimum absolute atomic E-state index is 0. The van der Waals surface area contributed by atoms with E-state index in [2.05, 4.69) is 0 Å². The second kappa shape index (κ2) is 4.78. The number of halogens is 2. The first-order valence-corrected chi connectivity index (χ1v) is 0.521. The summed E-state index contributed by atoms with van der Waals surface area (Å²) in [5, 5.41) is 8.03. The van der Waals surface area contributed by atoms with Gasteiger partial charge < -0.3 is 5.21 Å². The molecule has 0 aliphatic carbocycles. The summed E-state index contributed by atoms with van der Waals surface area (Å²) in [5.41, 5.74) is -2.25. The van der Waals surface area contributed by atoms with Crippen LogP contribution in [0.3, 0.4) is 0 Å². The molecule has 5 heteroatoms. The molecule has 0 atom stereocenters. The van der Waals surface area contributed by atoms with E-state index in [9.17, 15) is 8.96 Å². The van der Waals surface area contributed by atoms with Crippen LogP contribution >= 0.6 is 0 Å². The van der Waals surface area contributed by atoms with Crippen molar-refractivity contribution in [3.8, 4) is 0 Å². The fourth-order valence-corrected chi connectivity index (χ4v) is 0. The van der Waals surface area contributed by atoms with Crippen LogP contribution in [-0.4, -0.2) is 5.51 Å². The molecule has 0 heterocycles. The second-order valence-corrected chi connectivity index (χ2v) is 0.202. The van der Waals surface area contributed by atoms with Crippen molar-refractivity contribution in [3.63, 3.8) is 0 Å². The van der Waals surface area contributed by atoms with E-state index >= 15 is 0 Å². The summed E-state index contributed by atoms with van der Waals surface area (Å²) >= 11 is 0.